The Labute approximate surface area is 185 Å². The number of hydrogen-bond acceptors (Lipinski definition) is 8. The van der Waals surface area contributed by atoms with Gasteiger partial charge in [0.25, 0.3) is 5.69 Å². The Bertz CT molecular complexity index is 937. The Morgan fingerprint density at radius 1 is 1.26 bits per heavy atom. The van der Waals surface area contributed by atoms with E-state index in [2.05, 4.69) is 28.6 Å². The number of ether oxygens (including phenoxy) is 1. The van der Waals surface area contributed by atoms with E-state index in [1.807, 2.05) is 17.3 Å². The van der Waals surface area contributed by atoms with Gasteiger partial charge in [-0.3, -0.25) is 19.9 Å². The predicted molar refractivity (Wildman–Crippen MR) is 119 cm³/mol. The highest BCUT2D eigenvalue weighted by Gasteiger charge is 2.31. The van der Waals surface area contributed by atoms with Gasteiger partial charge in [0.15, 0.2) is 0 Å². The van der Waals surface area contributed by atoms with E-state index in [1.54, 1.807) is 0 Å². The first-order chi connectivity index (χ1) is 14.8. The second-order valence-electron chi connectivity index (χ2n) is 8.38. The standard InChI is InChI=1S/C21H28FN5O3S/c1-14-10-26(11-15(2)24(14)3)19-9-18(22)17(8-20(19)27(28)29)21-23-16(13-31-21)12-25-4-6-30-7-5-25/h8-9,13-15H,4-7,10-12H2,1-3H3/t14-,15+. The van der Waals surface area contributed by atoms with E-state index in [0.717, 1.165) is 18.8 Å². The Morgan fingerprint density at radius 3 is 2.58 bits per heavy atom. The van der Waals surface area contributed by atoms with Crippen molar-refractivity contribution in [2.24, 2.45) is 0 Å². The van der Waals surface area contributed by atoms with Gasteiger partial charge in [0.2, 0.25) is 0 Å². The molecule has 0 amide bonds. The molecule has 1 aromatic carbocycles. The zero-order valence-corrected chi connectivity index (χ0v) is 18.9. The summed E-state index contributed by atoms with van der Waals surface area (Å²) >= 11 is 1.32. The van der Waals surface area contributed by atoms with Crippen LogP contribution in [-0.4, -0.2) is 78.2 Å². The van der Waals surface area contributed by atoms with Crippen molar-refractivity contribution >= 4 is 22.7 Å². The van der Waals surface area contributed by atoms with Gasteiger partial charge in [-0.1, -0.05) is 0 Å². The molecular formula is C21H28FN5O3S. The average molecular weight is 450 g/mol. The highest BCUT2D eigenvalue weighted by Crippen LogP contribution is 2.38. The molecule has 8 nitrogen and oxygen atoms in total. The number of likely N-dealkylation sites (N-methyl/N-ethyl adjacent to an activating group) is 1. The van der Waals surface area contributed by atoms with E-state index < -0.39 is 10.7 Å². The molecule has 31 heavy (non-hydrogen) atoms. The summed E-state index contributed by atoms with van der Waals surface area (Å²) in [5, 5.41) is 14.2. The van der Waals surface area contributed by atoms with E-state index in [1.165, 1.54) is 23.5 Å². The van der Waals surface area contributed by atoms with E-state index in [9.17, 15) is 10.1 Å². The van der Waals surface area contributed by atoms with Crippen molar-refractivity contribution in [3.63, 3.8) is 0 Å². The molecule has 0 unspecified atom stereocenters. The number of aromatic nitrogens is 1. The number of nitro groups is 1. The number of thiazole rings is 1. The predicted octanol–water partition coefficient (Wildman–Crippen LogP) is 3.22. The molecular weight excluding hydrogens is 421 g/mol. The minimum atomic E-state index is -0.480. The lowest BCUT2D eigenvalue weighted by atomic mass is 10.1. The van der Waals surface area contributed by atoms with Gasteiger partial charge in [0, 0.05) is 62.3 Å². The quantitative estimate of drug-likeness (QED) is 0.512. The van der Waals surface area contributed by atoms with Crippen LogP contribution in [0.25, 0.3) is 10.6 Å². The van der Waals surface area contributed by atoms with Gasteiger partial charge < -0.3 is 9.64 Å². The third-order valence-corrected chi connectivity index (χ3v) is 7.16. The van der Waals surface area contributed by atoms with Gasteiger partial charge in [-0.05, 0) is 20.9 Å². The highest BCUT2D eigenvalue weighted by molar-refractivity contribution is 7.13. The number of rotatable bonds is 5. The molecule has 0 N–H and O–H groups in total. The van der Waals surface area contributed by atoms with Crippen LogP contribution in [0.1, 0.15) is 19.5 Å². The summed E-state index contributed by atoms with van der Waals surface area (Å²) in [6.07, 6.45) is 0. The first-order valence-electron chi connectivity index (χ1n) is 10.5. The minimum absolute atomic E-state index is 0.0784. The summed E-state index contributed by atoms with van der Waals surface area (Å²) in [5.74, 6) is -0.480. The second-order valence-corrected chi connectivity index (χ2v) is 9.24. The Kier molecular flexibility index (Phi) is 6.52. The smallest absolute Gasteiger partial charge is 0.293 e. The van der Waals surface area contributed by atoms with Gasteiger partial charge >= 0.3 is 0 Å². The molecule has 168 valence electrons. The SMILES string of the molecule is C[C@@H]1CN(c2cc(F)c(-c3nc(CN4CCOCC4)cs3)cc2[N+](=O)[O-])C[C@H](C)N1C. The molecule has 0 spiro atoms. The molecule has 2 saturated heterocycles. The van der Waals surface area contributed by atoms with E-state index in [4.69, 9.17) is 4.74 Å². The number of benzene rings is 1. The van der Waals surface area contributed by atoms with Gasteiger partial charge in [0.05, 0.1) is 29.4 Å². The molecule has 10 heteroatoms. The monoisotopic (exact) mass is 449 g/mol. The fourth-order valence-electron chi connectivity index (χ4n) is 4.21. The lowest BCUT2D eigenvalue weighted by Gasteiger charge is -2.43. The fraction of sp³-hybridized carbons (Fsp3) is 0.571. The summed E-state index contributed by atoms with van der Waals surface area (Å²) in [6, 6.07) is 3.08. The van der Waals surface area contributed by atoms with E-state index >= 15 is 4.39 Å². The molecule has 3 heterocycles. The molecule has 2 fully saturated rings. The Hall–Kier alpha value is -2.14. The number of nitrogens with zero attached hydrogens (tertiary/aromatic N) is 5. The maximum Gasteiger partial charge on any atom is 0.293 e. The highest BCUT2D eigenvalue weighted by atomic mass is 32.1. The normalized spacial score (nSPS) is 23.3. The van der Waals surface area contributed by atoms with Crippen LogP contribution in [0.2, 0.25) is 0 Å². The van der Waals surface area contributed by atoms with Crippen LogP contribution >= 0.6 is 11.3 Å². The van der Waals surface area contributed by atoms with Crippen LogP contribution in [-0.2, 0) is 11.3 Å². The van der Waals surface area contributed by atoms with E-state index in [0.29, 0.717) is 43.5 Å². The number of hydrogen-bond donors (Lipinski definition) is 0. The Morgan fingerprint density at radius 2 is 1.94 bits per heavy atom. The maximum atomic E-state index is 15.2. The number of halogens is 1. The third-order valence-electron chi connectivity index (χ3n) is 6.23. The van der Waals surface area contributed by atoms with Crippen molar-refractivity contribution in [2.75, 3.05) is 51.3 Å². The number of morpholine rings is 1. The first-order valence-corrected chi connectivity index (χ1v) is 11.4. The average Bonchev–Trinajstić information content (AvgIpc) is 3.20. The van der Waals surface area contributed by atoms with Crippen molar-refractivity contribution < 1.29 is 14.1 Å². The van der Waals surface area contributed by atoms with Crippen LogP contribution in [0.3, 0.4) is 0 Å². The zero-order valence-electron chi connectivity index (χ0n) is 18.1. The molecule has 2 atom stereocenters. The lowest BCUT2D eigenvalue weighted by molar-refractivity contribution is -0.384. The minimum Gasteiger partial charge on any atom is -0.379 e. The van der Waals surface area contributed by atoms with Crippen LogP contribution in [0.15, 0.2) is 17.5 Å². The van der Waals surface area contributed by atoms with Crippen molar-refractivity contribution in [1.29, 1.82) is 0 Å². The molecule has 0 radical (unpaired) electrons. The number of anilines is 1. The summed E-state index contributed by atoms with van der Waals surface area (Å²) in [7, 11) is 2.04. The largest absolute Gasteiger partial charge is 0.379 e. The number of piperazine rings is 1. The van der Waals surface area contributed by atoms with Crippen LogP contribution in [0, 0.1) is 15.9 Å². The van der Waals surface area contributed by atoms with Gasteiger partial charge in [-0.2, -0.15) is 0 Å². The van der Waals surface area contributed by atoms with Crippen LogP contribution < -0.4 is 4.90 Å². The summed E-state index contributed by atoms with van der Waals surface area (Å²) in [4.78, 5) is 22.4. The van der Waals surface area contributed by atoms with Gasteiger partial charge in [0.1, 0.15) is 16.5 Å². The molecule has 2 aromatic rings. The van der Waals surface area contributed by atoms with E-state index in [-0.39, 0.29) is 23.3 Å². The summed E-state index contributed by atoms with van der Waals surface area (Å²) in [6.45, 7) is 9.11. The van der Waals surface area contributed by atoms with Crippen molar-refractivity contribution in [3.05, 3.63) is 39.1 Å². The fourth-order valence-corrected chi connectivity index (χ4v) is 5.04. The topological polar surface area (TPSA) is 75.0 Å². The molecule has 2 aliphatic rings. The molecule has 0 bridgehead atoms. The van der Waals surface area contributed by atoms with Crippen molar-refractivity contribution in [3.8, 4) is 10.6 Å². The molecule has 4 rings (SSSR count). The Balaban J connectivity index is 1.61. The second kappa shape index (κ2) is 9.15. The first kappa shape index (κ1) is 22.1. The van der Waals surface area contributed by atoms with Crippen molar-refractivity contribution in [1.82, 2.24) is 14.8 Å². The molecule has 2 aliphatic heterocycles. The third kappa shape index (κ3) is 4.72. The number of nitro benzene ring substituents is 1. The summed E-state index contributed by atoms with van der Waals surface area (Å²) < 4.78 is 20.5. The summed E-state index contributed by atoms with van der Waals surface area (Å²) in [5.41, 5.74) is 1.28. The van der Waals surface area contributed by atoms with Crippen LogP contribution in [0.5, 0.6) is 0 Å². The lowest BCUT2D eigenvalue weighted by Crippen LogP contribution is -2.55. The van der Waals surface area contributed by atoms with Crippen molar-refractivity contribution in [2.45, 2.75) is 32.5 Å². The molecule has 0 saturated carbocycles. The molecule has 0 aliphatic carbocycles. The van der Waals surface area contributed by atoms with Gasteiger partial charge in [-0.25, -0.2) is 9.37 Å². The molecule has 1 aromatic heterocycles. The van der Waals surface area contributed by atoms with Crippen LogP contribution in [0.4, 0.5) is 15.8 Å². The zero-order chi connectivity index (χ0) is 22.1. The maximum absolute atomic E-state index is 15.2. The van der Waals surface area contributed by atoms with Gasteiger partial charge in [-0.15, -0.1) is 11.3 Å².